The predicted molar refractivity (Wildman–Crippen MR) is 156 cm³/mol. The molecule has 0 saturated heterocycles. The highest BCUT2D eigenvalue weighted by Gasteiger charge is 2.43. The van der Waals surface area contributed by atoms with E-state index >= 15 is 0 Å². The number of hydrogen-bond donors (Lipinski definition) is 4. The molecule has 3 amide bonds. The van der Waals surface area contributed by atoms with Crippen molar-refractivity contribution in [2.75, 3.05) is 10.6 Å². The van der Waals surface area contributed by atoms with Gasteiger partial charge in [0, 0.05) is 5.69 Å². The van der Waals surface area contributed by atoms with E-state index in [4.69, 9.17) is 0 Å². The van der Waals surface area contributed by atoms with Crippen molar-refractivity contribution in [1.82, 2.24) is 5.32 Å². The van der Waals surface area contributed by atoms with E-state index in [0.29, 0.717) is 11.4 Å². The van der Waals surface area contributed by atoms with Crippen LogP contribution in [0.15, 0.2) is 61.2 Å². The second-order valence-corrected chi connectivity index (χ2v) is 10.7. The molecule has 0 aromatic heterocycles. The van der Waals surface area contributed by atoms with Crippen molar-refractivity contribution in [3.63, 3.8) is 0 Å². The number of urea groups is 1. The van der Waals surface area contributed by atoms with Crippen LogP contribution >= 0.6 is 0 Å². The number of hydrogen-bond acceptors (Lipinski definition) is 3. The van der Waals surface area contributed by atoms with Gasteiger partial charge in [-0.25, -0.2) is 9.59 Å². The number of rotatable bonds is 8. The quantitative estimate of drug-likeness (QED) is 0.237. The molecule has 3 aromatic rings. The number of anilines is 2. The summed E-state index contributed by atoms with van der Waals surface area (Å²) in [5.74, 6) is -1.75. The van der Waals surface area contributed by atoms with E-state index < -0.39 is 23.4 Å². The van der Waals surface area contributed by atoms with E-state index in [1.165, 1.54) is 0 Å². The Morgan fingerprint density at radius 2 is 1.59 bits per heavy atom. The minimum Gasteiger partial charge on any atom is -0.480 e. The normalized spacial score (nSPS) is 15.3. The number of carbonyl (C=O) groups excluding carboxylic acids is 2. The molecular formula is C32H37N3O4. The van der Waals surface area contributed by atoms with E-state index in [0.717, 1.165) is 66.0 Å². The summed E-state index contributed by atoms with van der Waals surface area (Å²) in [5.41, 5.74) is 2.75. The number of amides is 3. The van der Waals surface area contributed by atoms with Crippen LogP contribution in [-0.4, -0.2) is 28.6 Å². The average molecular weight is 528 g/mol. The third-order valence-electron chi connectivity index (χ3n) is 7.83. The first-order chi connectivity index (χ1) is 18.6. The zero-order chi connectivity index (χ0) is 28.2. The van der Waals surface area contributed by atoms with Gasteiger partial charge < -0.3 is 21.1 Å². The number of nitrogens with one attached hydrogen (secondary N) is 3. The summed E-state index contributed by atoms with van der Waals surface area (Å²) in [6, 6.07) is 14.5. The van der Waals surface area contributed by atoms with Crippen LogP contribution in [0.3, 0.4) is 0 Å². The van der Waals surface area contributed by atoms with Crippen LogP contribution in [0.1, 0.15) is 66.1 Å². The average Bonchev–Trinajstić information content (AvgIpc) is 2.91. The summed E-state index contributed by atoms with van der Waals surface area (Å²) >= 11 is 0. The molecule has 204 valence electrons. The van der Waals surface area contributed by atoms with Crippen LogP contribution in [0.5, 0.6) is 0 Å². The first-order valence-corrected chi connectivity index (χ1v) is 13.5. The molecule has 4 N–H and O–H groups in total. The van der Waals surface area contributed by atoms with Gasteiger partial charge in [0.1, 0.15) is 5.54 Å². The van der Waals surface area contributed by atoms with Gasteiger partial charge in [0.05, 0.1) is 11.3 Å². The molecule has 0 radical (unpaired) electrons. The van der Waals surface area contributed by atoms with Gasteiger partial charge in [0.25, 0.3) is 5.91 Å². The fourth-order valence-corrected chi connectivity index (χ4v) is 5.65. The molecule has 3 aromatic carbocycles. The fraction of sp³-hybridized carbons (Fsp3) is 0.344. The lowest BCUT2D eigenvalue weighted by molar-refractivity contribution is -0.146. The lowest BCUT2D eigenvalue weighted by Gasteiger charge is -2.37. The molecule has 1 atom stereocenters. The monoisotopic (exact) mass is 527 g/mol. The minimum absolute atomic E-state index is 0.164. The highest BCUT2D eigenvalue weighted by atomic mass is 16.4. The number of benzene rings is 3. The van der Waals surface area contributed by atoms with Gasteiger partial charge in [-0.15, -0.1) is 6.58 Å². The molecule has 0 spiro atoms. The van der Waals surface area contributed by atoms with E-state index in [9.17, 15) is 19.5 Å². The van der Waals surface area contributed by atoms with E-state index in [1.54, 1.807) is 19.1 Å². The van der Waals surface area contributed by atoms with Gasteiger partial charge >= 0.3 is 12.0 Å². The molecule has 1 aliphatic carbocycles. The molecule has 1 fully saturated rings. The lowest BCUT2D eigenvalue weighted by atomic mass is 9.75. The van der Waals surface area contributed by atoms with Crippen molar-refractivity contribution in [3.05, 3.63) is 83.4 Å². The summed E-state index contributed by atoms with van der Waals surface area (Å²) in [5, 5.41) is 20.4. The van der Waals surface area contributed by atoms with Crippen molar-refractivity contribution in [2.45, 2.75) is 64.8 Å². The molecule has 39 heavy (non-hydrogen) atoms. The predicted octanol–water partition coefficient (Wildman–Crippen LogP) is 6.98. The van der Waals surface area contributed by atoms with Crippen LogP contribution in [0, 0.1) is 19.8 Å². The van der Waals surface area contributed by atoms with Crippen molar-refractivity contribution in [1.29, 1.82) is 0 Å². The highest BCUT2D eigenvalue weighted by molar-refractivity contribution is 6.10. The second-order valence-electron chi connectivity index (χ2n) is 10.7. The number of carboxylic acids is 1. The Hall–Kier alpha value is -4.13. The summed E-state index contributed by atoms with van der Waals surface area (Å²) in [4.78, 5) is 39.2. The lowest BCUT2D eigenvalue weighted by Crippen LogP contribution is -2.57. The van der Waals surface area contributed by atoms with Gasteiger partial charge in [0.2, 0.25) is 0 Å². The van der Waals surface area contributed by atoms with Crippen molar-refractivity contribution in [3.8, 4) is 0 Å². The molecule has 4 rings (SSSR count). The third kappa shape index (κ3) is 6.14. The zero-order valence-corrected chi connectivity index (χ0v) is 22.9. The topological polar surface area (TPSA) is 108 Å². The second kappa shape index (κ2) is 11.7. The summed E-state index contributed by atoms with van der Waals surface area (Å²) in [7, 11) is 0. The van der Waals surface area contributed by atoms with Crippen LogP contribution in [0.2, 0.25) is 0 Å². The molecule has 0 bridgehead atoms. The molecule has 7 nitrogen and oxygen atoms in total. The number of fused-ring (bicyclic) bond motifs is 1. The Bertz CT molecular complexity index is 1400. The minimum atomic E-state index is -1.41. The van der Waals surface area contributed by atoms with Gasteiger partial charge in [-0.2, -0.15) is 0 Å². The highest BCUT2D eigenvalue weighted by Crippen LogP contribution is 2.34. The van der Waals surface area contributed by atoms with Crippen LogP contribution in [0.4, 0.5) is 16.2 Å². The van der Waals surface area contributed by atoms with Crippen molar-refractivity contribution >= 4 is 40.1 Å². The van der Waals surface area contributed by atoms with Crippen molar-refractivity contribution in [2.24, 2.45) is 5.92 Å². The Morgan fingerprint density at radius 3 is 2.18 bits per heavy atom. The van der Waals surface area contributed by atoms with Crippen LogP contribution < -0.4 is 16.0 Å². The number of carboxylic acid groups (broad SMARTS) is 1. The third-order valence-corrected chi connectivity index (χ3v) is 7.83. The Labute approximate surface area is 229 Å². The van der Waals surface area contributed by atoms with Crippen LogP contribution in [0.25, 0.3) is 10.8 Å². The molecule has 1 unspecified atom stereocenters. The van der Waals surface area contributed by atoms with E-state index in [2.05, 4.69) is 22.5 Å². The molecule has 1 saturated carbocycles. The van der Waals surface area contributed by atoms with Gasteiger partial charge in [-0.05, 0) is 85.5 Å². The maximum absolute atomic E-state index is 13.7. The molecule has 1 aliphatic rings. The zero-order valence-electron chi connectivity index (χ0n) is 22.9. The SMILES string of the molecule is C=CCc1cc(C)c(NC(=O)Nc2cc3ccccc3cc2C(=O)NC(C)(C(=O)O)C2CCCCC2)c(C)c1. The number of aryl methyl sites for hydroxylation is 2. The van der Waals surface area contributed by atoms with Crippen molar-refractivity contribution < 1.29 is 19.5 Å². The molecule has 0 aliphatic heterocycles. The largest absolute Gasteiger partial charge is 0.480 e. The maximum atomic E-state index is 13.7. The smallest absolute Gasteiger partial charge is 0.329 e. The number of allylic oxidation sites excluding steroid dienone is 1. The Kier molecular flexibility index (Phi) is 8.38. The first-order valence-electron chi connectivity index (χ1n) is 13.5. The molecule has 7 heteroatoms. The van der Waals surface area contributed by atoms with Gasteiger partial charge in [-0.1, -0.05) is 61.7 Å². The fourth-order valence-electron chi connectivity index (χ4n) is 5.65. The van der Waals surface area contributed by atoms with Gasteiger partial charge in [-0.3, -0.25) is 4.79 Å². The van der Waals surface area contributed by atoms with E-state index in [1.807, 2.05) is 56.3 Å². The summed E-state index contributed by atoms with van der Waals surface area (Å²) < 4.78 is 0. The first kappa shape index (κ1) is 27.9. The van der Waals surface area contributed by atoms with Gasteiger partial charge in [0.15, 0.2) is 0 Å². The van der Waals surface area contributed by atoms with E-state index in [-0.39, 0.29) is 11.5 Å². The molecular weight excluding hydrogens is 490 g/mol. The number of carbonyl (C=O) groups is 3. The Morgan fingerprint density at radius 1 is 0.974 bits per heavy atom. The number of aliphatic carboxylic acids is 1. The Balaban J connectivity index is 1.64. The van der Waals surface area contributed by atoms with Crippen LogP contribution in [-0.2, 0) is 11.2 Å². The summed E-state index contributed by atoms with van der Waals surface area (Å²) in [6.07, 6.45) is 7.03. The standard InChI is InChI=1S/C32H37N3O4/c1-5-11-22-16-20(2)28(21(3)17-22)34-31(39)33-27-19-24-13-10-9-12-23(24)18-26(27)29(36)35-32(4,30(37)38)25-14-7-6-8-15-25/h5,9-10,12-13,16-19,25H,1,6-8,11,14-15H2,2-4H3,(H,35,36)(H,37,38)(H2,33,34,39). The maximum Gasteiger partial charge on any atom is 0.329 e. The summed E-state index contributed by atoms with van der Waals surface area (Å²) in [6.45, 7) is 9.24. The molecule has 0 heterocycles.